The van der Waals surface area contributed by atoms with Gasteiger partial charge in [0.1, 0.15) is 4.90 Å². The number of unbranched alkanes of at least 4 members (excludes halogenated alkanes) is 1. The molecule has 0 aliphatic carbocycles. The lowest BCUT2D eigenvalue weighted by molar-refractivity contribution is -0.384. The van der Waals surface area contributed by atoms with Gasteiger partial charge in [-0.2, -0.15) is 0 Å². The third-order valence-corrected chi connectivity index (χ3v) is 6.91. The molecular weight excluding hydrogens is 434 g/mol. The molecule has 0 fully saturated rings. The largest absolute Gasteiger partial charge is 0.459 e. The van der Waals surface area contributed by atoms with Crippen LogP contribution in [-0.2, 0) is 14.8 Å². The molecule has 0 radical (unpaired) electrons. The lowest BCUT2D eigenvalue weighted by Crippen LogP contribution is -2.30. The number of nitro groups is 1. The van der Waals surface area contributed by atoms with Crippen molar-refractivity contribution in [3.8, 4) is 11.1 Å². The van der Waals surface area contributed by atoms with Crippen molar-refractivity contribution in [3.05, 3.63) is 51.3 Å². The molecule has 0 aliphatic heterocycles. The van der Waals surface area contributed by atoms with E-state index in [-0.39, 0.29) is 45.2 Å². The van der Waals surface area contributed by atoms with Crippen LogP contribution in [0, 0.1) is 24.0 Å². The van der Waals surface area contributed by atoms with Crippen molar-refractivity contribution < 1.29 is 22.9 Å². The molecule has 2 rings (SSSR count). The zero-order valence-electron chi connectivity index (χ0n) is 19.2. The molecule has 32 heavy (non-hydrogen) atoms. The second-order valence-electron chi connectivity index (χ2n) is 7.80. The smallest absolute Gasteiger partial charge is 0.340 e. The Morgan fingerprint density at radius 1 is 1.25 bits per heavy atom. The van der Waals surface area contributed by atoms with E-state index in [9.17, 15) is 23.3 Å². The standard InChI is InChI=1S/C22H29N3O6S/c1-7-8-12-24(6)32(29,30)21-16(5)23-15(4)19(22(26)31-14(2)3)20(21)17-10-9-11-18(13-17)25(27)28/h9-11,13-14H,7-8,12H2,1-6H3. The van der Waals surface area contributed by atoms with E-state index in [1.54, 1.807) is 33.8 Å². The van der Waals surface area contributed by atoms with Crippen molar-refractivity contribution in [1.29, 1.82) is 0 Å². The second-order valence-corrected chi connectivity index (χ2v) is 9.79. The number of hydrogen-bond acceptors (Lipinski definition) is 7. The maximum absolute atomic E-state index is 13.6. The van der Waals surface area contributed by atoms with Crippen LogP contribution < -0.4 is 0 Å². The summed E-state index contributed by atoms with van der Waals surface area (Å²) in [5, 5.41) is 11.4. The van der Waals surface area contributed by atoms with Gasteiger partial charge < -0.3 is 4.74 Å². The number of pyridine rings is 1. The van der Waals surface area contributed by atoms with Gasteiger partial charge in [-0.25, -0.2) is 17.5 Å². The summed E-state index contributed by atoms with van der Waals surface area (Å²) in [4.78, 5) is 28.0. The Balaban J connectivity index is 2.94. The predicted octanol–water partition coefficient (Wildman–Crippen LogP) is 4.26. The number of carbonyl (C=O) groups is 1. The summed E-state index contributed by atoms with van der Waals surface area (Å²) in [6.07, 6.45) is 1.00. The first-order valence-electron chi connectivity index (χ1n) is 10.3. The van der Waals surface area contributed by atoms with Gasteiger partial charge in [0.2, 0.25) is 10.0 Å². The van der Waals surface area contributed by atoms with Crippen LogP contribution in [0.5, 0.6) is 0 Å². The fourth-order valence-electron chi connectivity index (χ4n) is 3.38. The number of aryl methyl sites for hydroxylation is 2. The third-order valence-electron chi connectivity index (χ3n) is 4.89. The molecule has 0 amide bonds. The molecule has 1 heterocycles. The first kappa shape index (κ1) is 25.4. The maximum Gasteiger partial charge on any atom is 0.340 e. The summed E-state index contributed by atoms with van der Waals surface area (Å²) >= 11 is 0. The summed E-state index contributed by atoms with van der Waals surface area (Å²) in [6, 6.07) is 5.55. The molecule has 0 saturated heterocycles. The predicted molar refractivity (Wildman–Crippen MR) is 121 cm³/mol. The van der Waals surface area contributed by atoms with E-state index in [2.05, 4.69) is 4.98 Å². The van der Waals surface area contributed by atoms with Gasteiger partial charge in [-0.3, -0.25) is 15.1 Å². The normalized spacial score (nSPS) is 11.8. The van der Waals surface area contributed by atoms with Crippen LogP contribution in [0.4, 0.5) is 5.69 Å². The Bertz CT molecular complexity index is 1130. The number of benzene rings is 1. The number of carbonyl (C=O) groups excluding carboxylic acids is 1. The van der Waals surface area contributed by atoms with Crippen LogP contribution in [0.15, 0.2) is 29.2 Å². The first-order chi connectivity index (χ1) is 14.9. The Hall–Kier alpha value is -2.85. The average molecular weight is 464 g/mol. The number of rotatable bonds is 9. The van der Waals surface area contributed by atoms with Gasteiger partial charge in [0.05, 0.1) is 28.0 Å². The highest BCUT2D eigenvalue weighted by atomic mass is 32.2. The lowest BCUT2D eigenvalue weighted by Gasteiger charge is -2.23. The van der Waals surface area contributed by atoms with Crippen molar-refractivity contribution in [2.45, 2.75) is 58.5 Å². The van der Waals surface area contributed by atoms with Gasteiger partial charge >= 0.3 is 5.97 Å². The minimum Gasteiger partial charge on any atom is -0.459 e. The fraction of sp³-hybridized carbons (Fsp3) is 0.455. The highest BCUT2D eigenvalue weighted by molar-refractivity contribution is 7.89. The Morgan fingerprint density at radius 3 is 2.47 bits per heavy atom. The molecule has 1 aromatic heterocycles. The monoisotopic (exact) mass is 463 g/mol. The molecule has 1 aromatic carbocycles. The summed E-state index contributed by atoms with van der Waals surface area (Å²) in [7, 11) is -2.60. The summed E-state index contributed by atoms with van der Waals surface area (Å²) in [6.45, 7) is 8.73. The molecule has 0 spiro atoms. The summed E-state index contributed by atoms with van der Waals surface area (Å²) in [5.74, 6) is -0.737. The molecule has 0 saturated carbocycles. The van der Waals surface area contributed by atoms with E-state index in [1.807, 2.05) is 6.92 Å². The number of aromatic nitrogens is 1. The molecule has 0 atom stereocenters. The molecule has 10 heteroatoms. The van der Waals surface area contributed by atoms with Gasteiger partial charge in [-0.05, 0) is 39.7 Å². The molecule has 0 unspecified atom stereocenters. The highest BCUT2D eigenvalue weighted by Gasteiger charge is 2.33. The van der Waals surface area contributed by atoms with E-state index in [4.69, 9.17) is 4.74 Å². The van der Waals surface area contributed by atoms with Crippen LogP contribution in [0.25, 0.3) is 11.1 Å². The average Bonchev–Trinajstić information content (AvgIpc) is 2.70. The van der Waals surface area contributed by atoms with Crippen LogP contribution in [-0.4, -0.2) is 48.3 Å². The van der Waals surface area contributed by atoms with Gasteiger partial charge in [0.15, 0.2) is 0 Å². The Morgan fingerprint density at radius 2 is 1.91 bits per heavy atom. The number of sulfonamides is 1. The number of nitrogens with zero attached hydrogens (tertiary/aromatic N) is 3. The van der Waals surface area contributed by atoms with E-state index >= 15 is 0 Å². The highest BCUT2D eigenvalue weighted by Crippen LogP contribution is 2.37. The number of nitro benzene ring substituents is 1. The minimum absolute atomic E-state index is 0.0211. The molecule has 0 aliphatic rings. The van der Waals surface area contributed by atoms with Gasteiger partial charge in [0, 0.05) is 31.3 Å². The van der Waals surface area contributed by atoms with Crippen LogP contribution >= 0.6 is 0 Å². The van der Waals surface area contributed by atoms with E-state index in [1.165, 1.54) is 29.6 Å². The molecule has 9 nitrogen and oxygen atoms in total. The molecule has 174 valence electrons. The van der Waals surface area contributed by atoms with Crippen molar-refractivity contribution in [3.63, 3.8) is 0 Å². The van der Waals surface area contributed by atoms with Crippen LogP contribution in [0.2, 0.25) is 0 Å². The molecule has 0 N–H and O–H groups in total. The quantitative estimate of drug-likeness (QED) is 0.309. The zero-order chi connectivity index (χ0) is 24.2. The maximum atomic E-state index is 13.6. The first-order valence-corrected chi connectivity index (χ1v) is 11.8. The minimum atomic E-state index is -4.06. The molecule has 2 aromatic rings. The van der Waals surface area contributed by atoms with E-state index < -0.39 is 27.0 Å². The number of non-ortho nitro benzene ring substituents is 1. The van der Waals surface area contributed by atoms with Gasteiger partial charge in [-0.1, -0.05) is 25.5 Å². The number of hydrogen-bond donors (Lipinski definition) is 0. The van der Waals surface area contributed by atoms with E-state index in [0.717, 1.165) is 6.42 Å². The zero-order valence-corrected chi connectivity index (χ0v) is 20.0. The lowest BCUT2D eigenvalue weighted by atomic mass is 9.97. The molecular formula is C22H29N3O6S. The number of esters is 1. The molecule has 0 bridgehead atoms. The van der Waals surface area contributed by atoms with Gasteiger partial charge in [0.25, 0.3) is 5.69 Å². The van der Waals surface area contributed by atoms with Crippen molar-refractivity contribution in [2.24, 2.45) is 0 Å². The summed E-state index contributed by atoms with van der Waals surface area (Å²) in [5.41, 5.74) is 0.532. The van der Waals surface area contributed by atoms with E-state index in [0.29, 0.717) is 6.42 Å². The summed E-state index contributed by atoms with van der Waals surface area (Å²) < 4.78 is 33.7. The van der Waals surface area contributed by atoms with Gasteiger partial charge in [-0.15, -0.1) is 0 Å². The van der Waals surface area contributed by atoms with Crippen molar-refractivity contribution in [1.82, 2.24) is 9.29 Å². The van der Waals surface area contributed by atoms with Crippen LogP contribution in [0.1, 0.15) is 55.4 Å². The van der Waals surface area contributed by atoms with Crippen molar-refractivity contribution >= 4 is 21.7 Å². The Labute approximate surface area is 188 Å². The SMILES string of the molecule is CCCCN(C)S(=O)(=O)c1c(C)nc(C)c(C(=O)OC(C)C)c1-c1cccc([N+](=O)[O-])c1. The third kappa shape index (κ3) is 5.31. The van der Waals surface area contributed by atoms with Crippen molar-refractivity contribution in [2.75, 3.05) is 13.6 Å². The second kappa shape index (κ2) is 10.2. The topological polar surface area (TPSA) is 120 Å². The van der Waals surface area contributed by atoms with Crippen LogP contribution in [0.3, 0.4) is 0 Å². The fourth-order valence-corrected chi connectivity index (χ4v) is 4.96. The number of ether oxygens (including phenoxy) is 1. The Kier molecular flexibility index (Phi) is 8.08.